The Kier molecular flexibility index (Phi) is 3.38. The molecule has 0 saturated heterocycles. The molecule has 0 saturated carbocycles. The van der Waals surface area contributed by atoms with Crippen LogP contribution in [0.15, 0.2) is 60.8 Å². The number of aryl methyl sites for hydroxylation is 3. The van der Waals surface area contributed by atoms with Crippen LogP contribution in [0.2, 0.25) is 0 Å². The van der Waals surface area contributed by atoms with Crippen molar-refractivity contribution in [3.05, 3.63) is 77.5 Å². The van der Waals surface area contributed by atoms with Crippen molar-refractivity contribution in [3.8, 4) is 11.3 Å². The molecule has 0 aliphatic rings. The minimum absolute atomic E-state index is 1.29. The summed E-state index contributed by atoms with van der Waals surface area (Å²) in [7, 11) is 2.15. The molecule has 0 radical (unpaired) electrons. The number of fused-ring (bicyclic) bond motifs is 3. The van der Waals surface area contributed by atoms with Gasteiger partial charge in [-0.15, -0.1) is 0 Å². The zero-order valence-electron chi connectivity index (χ0n) is 14.7. The van der Waals surface area contributed by atoms with Crippen molar-refractivity contribution < 1.29 is 4.57 Å². The fraction of sp³-hybridized carbons (Fsp3) is 0.174. The topological polar surface area (TPSA) is 3.88 Å². The molecular formula is C23H22N+. The van der Waals surface area contributed by atoms with Crippen LogP contribution in [-0.2, 0) is 7.05 Å². The normalized spacial score (nSPS) is 11.3. The number of benzene rings is 3. The quantitative estimate of drug-likeness (QED) is 0.327. The van der Waals surface area contributed by atoms with Gasteiger partial charge in [0, 0.05) is 6.07 Å². The average Bonchev–Trinajstić information content (AvgIpc) is 2.58. The zero-order valence-corrected chi connectivity index (χ0v) is 14.7. The average molecular weight is 312 g/mol. The zero-order chi connectivity index (χ0) is 16.8. The first-order valence-electron chi connectivity index (χ1n) is 8.44. The summed E-state index contributed by atoms with van der Waals surface area (Å²) in [6, 6.07) is 19.9. The fourth-order valence-electron chi connectivity index (χ4n) is 3.74. The Morgan fingerprint density at radius 2 is 1.54 bits per heavy atom. The maximum atomic E-state index is 2.32. The molecule has 0 aliphatic carbocycles. The molecule has 1 nitrogen and oxygen atoms in total. The van der Waals surface area contributed by atoms with Gasteiger partial charge in [-0.1, -0.05) is 48.0 Å². The molecule has 1 aromatic heterocycles. The Bertz CT molecular complexity index is 1090. The second-order valence-electron chi connectivity index (χ2n) is 6.78. The van der Waals surface area contributed by atoms with Gasteiger partial charge < -0.3 is 0 Å². The Hall–Kier alpha value is -2.67. The molecule has 1 heteroatoms. The van der Waals surface area contributed by atoms with E-state index in [1.165, 1.54) is 49.5 Å². The van der Waals surface area contributed by atoms with Crippen molar-refractivity contribution in [3.63, 3.8) is 0 Å². The summed E-state index contributed by atoms with van der Waals surface area (Å²) in [5.74, 6) is 0. The maximum absolute atomic E-state index is 2.32. The number of hydrogen-bond donors (Lipinski definition) is 0. The van der Waals surface area contributed by atoms with Gasteiger partial charge in [0.05, 0.1) is 10.9 Å². The molecule has 4 rings (SSSR count). The molecule has 0 atom stereocenters. The van der Waals surface area contributed by atoms with E-state index in [9.17, 15) is 0 Å². The molecule has 1 heterocycles. The first-order valence-corrected chi connectivity index (χ1v) is 8.44. The van der Waals surface area contributed by atoms with Gasteiger partial charge in [0.1, 0.15) is 7.05 Å². The van der Waals surface area contributed by atoms with Gasteiger partial charge in [-0.05, 0) is 54.1 Å². The van der Waals surface area contributed by atoms with Crippen molar-refractivity contribution in [2.75, 3.05) is 0 Å². The third kappa shape index (κ3) is 2.20. The predicted molar refractivity (Wildman–Crippen MR) is 102 cm³/mol. The highest BCUT2D eigenvalue weighted by molar-refractivity contribution is 6.12. The molecule has 0 amide bonds. The lowest BCUT2D eigenvalue weighted by Crippen LogP contribution is -2.31. The molecule has 3 aromatic carbocycles. The molecule has 0 spiro atoms. The minimum atomic E-state index is 1.29. The van der Waals surface area contributed by atoms with Crippen LogP contribution in [0.5, 0.6) is 0 Å². The number of hydrogen-bond acceptors (Lipinski definition) is 0. The first kappa shape index (κ1) is 14.9. The molecule has 0 aliphatic heterocycles. The van der Waals surface area contributed by atoms with Crippen LogP contribution in [0.1, 0.15) is 16.7 Å². The molecule has 24 heavy (non-hydrogen) atoms. The van der Waals surface area contributed by atoms with E-state index in [2.05, 4.69) is 93.2 Å². The minimum Gasteiger partial charge on any atom is -0.200 e. The highest BCUT2D eigenvalue weighted by atomic mass is 14.9. The summed E-state index contributed by atoms with van der Waals surface area (Å²) < 4.78 is 2.26. The van der Waals surface area contributed by atoms with E-state index in [1.54, 1.807) is 0 Å². The van der Waals surface area contributed by atoms with E-state index >= 15 is 0 Å². The highest BCUT2D eigenvalue weighted by Crippen LogP contribution is 2.34. The van der Waals surface area contributed by atoms with E-state index in [1.807, 2.05) is 0 Å². The van der Waals surface area contributed by atoms with E-state index < -0.39 is 0 Å². The summed E-state index contributed by atoms with van der Waals surface area (Å²) in [4.78, 5) is 0. The van der Waals surface area contributed by atoms with Gasteiger partial charge in [-0.3, -0.25) is 0 Å². The second kappa shape index (κ2) is 5.45. The lowest BCUT2D eigenvalue weighted by Gasteiger charge is -2.13. The van der Waals surface area contributed by atoms with E-state index in [4.69, 9.17) is 0 Å². The van der Waals surface area contributed by atoms with E-state index in [-0.39, 0.29) is 0 Å². The van der Waals surface area contributed by atoms with Crippen LogP contribution >= 0.6 is 0 Å². The van der Waals surface area contributed by atoms with Crippen molar-refractivity contribution >= 4 is 21.5 Å². The van der Waals surface area contributed by atoms with Gasteiger partial charge in [0.15, 0.2) is 6.20 Å². The van der Waals surface area contributed by atoms with Gasteiger partial charge in [0.2, 0.25) is 5.69 Å². The van der Waals surface area contributed by atoms with Gasteiger partial charge in [-0.25, -0.2) is 4.57 Å². The monoisotopic (exact) mass is 312 g/mol. The standard InChI is InChI=1S/C23H22N/c1-15-13-16(2)17(3)21(14-15)23-22-19(11-12-24(23)4)10-9-18-7-5-6-8-20(18)22/h5-14H,1-4H3/q+1. The molecule has 4 aromatic rings. The highest BCUT2D eigenvalue weighted by Gasteiger charge is 2.20. The fourth-order valence-corrected chi connectivity index (χ4v) is 3.74. The summed E-state index contributed by atoms with van der Waals surface area (Å²) >= 11 is 0. The second-order valence-corrected chi connectivity index (χ2v) is 6.78. The maximum Gasteiger partial charge on any atom is 0.221 e. The Balaban J connectivity index is 2.24. The molecule has 0 N–H and O–H groups in total. The number of aromatic nitrogens is 1. The largest absolute Gasteiger partial charge is 0.221 e. The van der Waals surface area contributed by atoms with Crippen molar-refractivity contribution in [2.24, 2.45) is 7.05 Å². The summed E-state index contributed by atoms with van der Waals surface area (Å²) in [6.45, 7) is 6.61. The lowest BCUT2D eigenvalue weighted by molar-refractivity contribution is -0.659. The Morgan fingerprint density at radius 1 is 0.792 bits per heavy atom. The number of pyridine rings is 1. The molecule has 0 bridgehead atoms. The van der Waals surface area contributed by atoms with Crippen molar-refractivity contribution in [1.82, 2.24) is 0 Å². The SMILES string of the molecule is Cc1cc(C)c(C)c(-c2c3c(ccc4ccccc43)cc[n+]2C)c1. The van der Waals surface area contributed by atoms with Gasteiger partial charge in [-0.2, -0.15) is 0 Å². The Labute approximate surface area is 143 Å². The molecule has 0 fully saturated rings. The molecular weight excluding hydrogens is 290 g/mol. The number of rotatable bonds is 1. The third-order valence-corrected chi connectivity index (χ3v) is 5.10. The van der Waals surface area contributed by atoms with Gasteiger partial charge >= 0.3 is 0 Å². The summed E-state index contributed by atoms with van der Waals surface area (Å²) in [5.41, 5.74) is 6.65. The van der Waals surface area contributed by atoms with Crippen LogP contribution in [0.25, 0.3) is 32.8 Å². The van der Waals surface area contributed by atoms with Crippen LogP contribution in [0, 0.1) is 20.8 Å². The van der Waals surface area contributed by atoms with Crippen LogP contribution in [-0.4, -0.2) is 0 Å². The molecule has 0 unspecified atom stereocenters. The van der Waals surface area contributed by atoms with E-state index in [0.29, 0.717) is 0 Å². The first-order chi connectivity index (χ1) is 11.6. The van der Waals surface area contributed by atoms with Gasteiger partial charge in [0.25, 0.3) is 0 Å². The predicted octanol–water partition coefficient (Wildman–Crippen LogP) is 5.41. The van der Waals surface area contributed by atoms with Crippen LogP contribution in [0.4, 0.5) is 0 Å². The van der Waals surface area contributed by atoms with E-state index in [0.717, 1.165) is 0 Å². The summed E-state index contributed by atoms with van der Waals surface area (Å²) in [6.07, 6.45) is 2.17. The smallest absolute Gasteiger partial charge is 0.200 e. The third-order valence-electron chi connectivity index (χ3n) is 5.10. The Morgan fingerprint density at radius 3 is 2.38 bits per heavy atom. The lowest BCUT2D eigenvalue weighted by atomic mass is 9.92. The van der Waals surface area contributed by atoms with Crippen molar-refractivity contribution in [1.29, 1.82) is 0 Å². The molecule has 118 valence electrons. The van der Waals surface area contributed by atoms with Crippen LogP contribution in [0.3, 0.4) is 0 Å². The van der Waals surface area contributed by atoms with Crippen molar-refractivity contribution in [2.45, 2.75) is 20.8 Å². The summed E-state index contributed by atoms with van der Waals surface area (Å²) in [5, 5.41) is 5.24. The number of nitrogens with zero attached hydrogens (tertiary/aromatic N) is 1. The van der Waals surface area contributed by atoms with Crippen LogP contribution < -0.4 is 4.57 Å².